The van der Waals surface area contributed by atoms with Gasteiger partial charge in [-0.2, -0.15) is 39.5 Å². The third kappa shape index (κ3) is 21.8. The van der Waals surface area contributed by atoms with Crippen LogP contribution in [-0.4, -0.2) is 155 Å². The maximum atomic E-state index is 15.0. The van der Waals surface area contributed by atoms with Gasteiger partial charge in [0.05, 0.1) is 36.9 Å². The molecule has 7 aliphatic heterocycles. The minimum Gasteiger partial charge on any atom is -0.382 e. The summed E-state index contributed by atoms with van der Waals surface area (Å²) < 4.78 is 52.6. The molecule has 4 aromatic carbocycles. The van der Waals surface area contributed by atoms with Crippen LogP contribution in [0.1, 0.15) is 277 Å². The van der Waals surface area contributed by atoms with Crippen molar-refractivity contribution >= 4 is 0 Å². The monoisotopic (exact) mass is 1560 g/mol. The highest BCUT2D eigenvalue weighted by atomic mass is 19.4. The number of benzene rings is 4. The van der Waals surface area contributed by atoms with Gasteiger partial charge in [0.25, 0.3) is 0 Å². The molecule has 12 nitrogen and oxygen atoms in total. The van der Waals surface area contributed by atoms with Gasteiger partial charge in [0.15, 0.2) is 5.67 Å². The Labute approximate surface area is 686 Å². The van der Waals surface area contributed by atoms with E-state index in [1.54, 1.807) is 4.90 Å². The summed E-state index contributed by atoms with van der Waals surface area (Å²) >= 11 is 0. The van der Waals surface area contributed by atoms with Crippen molar-refractivity contribution in [3.8, 4) is 30.3 Å². The number of halogens is 4. The summed E-state index contributed by atoms with van der Waals surface area (Å²) in [5, 5.41) is 56.3. The van der Waals surface area contributed by atoms with E-state index in [0.29, 0.717) is 74.1 Å². The van der Waals surface area contributed by atoms with E-state index in [0.717, 1.165) is 158 Å². The molecule has 622 valence electrons. The van der Waals surface area contributed by atoms with Crippen LogP contribution in [-0.2, 0) is 11.3 Å². The van der Waals surface area contributed by atoms with Gasteiger partial charge in [0, 0.05) is 152 Å². The lowest BCUT2D eigenvalue weighted by Gasteiger charge is -2.58. The van der Waals surface area contributed by atoms with Gasteiger partial charge in [0.2, 0.25) is 0 Å². The summed E-state index contributed by atoms with van der Waals surface area (Å²) in [4.78, 5) is 14.1. The lowest BCUT2D eigenvalue weighted by molar-refractivity contribution is -0.191. The van der Waals surface area contributed by atoms with Crippen LogP contribution < -0.4 is 0 Å². The van der Waals surface area contributed by atoms with Crippen molar-refractivity contribution in [3.05, 3.63) is 144 Å². The van der Waals surface area contributed by atoms with Crippen molar-refractivity contribution in [3.63, 3.8) is 0 Å². The Morgan fingerprint density at radius 3 is 0.947 bits per heavy atom. The quantitative estimate of drug-likeness (QED) is 0.0887. The normalized spacial score (nSPS) is 31.7. The molecule has 0 spiro atoms. The van der Waals surface area contributed by atoms with Gasteiger partial charge in [-0.05, 0) is 208 Å². The number of β-amino-alcohol motifs (C(OH)–C–C–N with tert-alkyl or cyclic N) is 1. The molecule has 114 heavy (non-hydrogen) atoms. The molecule has 2 bridgehead atoms. The second-order valence-corrected chi connectivity index (χ2v) is 38.7. The van der Waals surface area contributed by atoms with Gasteiger partial charge in [0.1, 0.15) is 5.60 Å². The Hall–Kier alpha value is -6.23. The smallest absolute Gasteiger partial charge is 0.382 e. The summed E-state index contributed by atoms with van der Waals surface area (Å²) in [6, 6.07) is 56.7. The maximum Gasteiger partial charge on any atom is 0.401 e. The zero-order chi connectivity index (χ0) is 82.1. The summed E-state index contributed by atoms with van der Waals surface area (Å²) in [7, 11) is 0. The van der Waals surface area contributed by atoms with Crippen molar-refractivity contribution in [2.45, 2.75) is 315 Å². The fourth-order valence-electron chi connectivity index (χ4n) is 22.2. The first-order chi connectivity index (χ1) is 54.6. The molecular formula is C98H141F4N11O. The standard InChI is InChI=1S/C20H27FN2.C20H28N2O.2C20H28N2.C16H24F3N3.C2H6/c1-16(2)19(12-13-22)10-8-18(9-11-19)23-14-20(21,15-23)17-6-4-3-5-7-17;1-16(2)19(12-13-21)10-8-18(9-11-19)22-14-20(23,15-22)17-6-4-3-5-7-17;2*1-16(2)20(12-13-21)10-8-19(9-11-20)22-14-18(15-22)17-6-4-3-5-7-17;1-15(6-7-20)4-2-12(3-5-15)21-9-13-8-14(10-21)22(13)11-16(17,18)19;1-2/h3-7,16,18H,8-12,14-15H2,1-2H3;3-7,16,18,23H,8-12,14-15H2,1-2H3;2*3-7,16,18-19H,8-12,14-15H2,1-2H3;12-14H,2-6,8-11H2,1H3;1-2H3. The van der Waals surface area contributed by atoms with Crippen LogP contribution in [0.5, 0.6) is 0 Å². The molecule has 0 radical (unpaired) electrons. The first kappa shape index (κ1) is 90.1. The number of piperazine rings is 1. The van der Waals surface area contributed by atoms with Gasteiger partial charge in [-0.3, -0.25) is 29.4 Å². The fraction of sp³-hybridized carbons (Fsp3) is 0.704. The molecule has 7 heterocycles. The van der Waals surface area contributed by atoms with E-state index < -0.39 is 24.0 Å². The third-order valence-electron chi connectivity index (χ3n) is 31.2. The minimum atomic E-state index is -4.08. The number of nitrogens with zero attached hydrogens (tertiary/aromatic N) is 11. The van der Waals surface area contributed by atoms with Crippen LogP contribution in [0.4, 0.5) is 17.6 Å². The number of hydrogen-bond donors (Lipinski definition) is 1. The second kappa shape index (κ2) is 40.0. The number of rotatable bonds is 19. The summed E-state index contributed by atoms with van der Waals surface area (Å²) in [5.74, 6) is 3.84. The summed E-state index contributed by atoms with van der Waals surface area (Å²) in [5.41, 5.74) is 4.12. The molecule has 2 atom stereocenters. The second-order valence-electron chi connectivity index (χ2n) is 38.7. The Morgan fingerprint density at radius 2 is 0.649 bits per heavy atom. The van der Waals surface area contributed by atoms with E-state index in [2.05, 4.69) is 178 Å². The van der Waals surface area contributed by atoms with E-state index in [4.69, 9.17) is 26.3 Å². The van der Waals surface area contributed by atoms with Crippen molar-refractivity contribution in [1.82, 2.24) is 29.4 Å². The van der Waals surface area contributed by atoms with Gasteiger partial charge in [-0.15, -0.1) is 0 Å². The van der Waals surface area contributed by atoms with Crippen molar-refractivity contribution in [2.24, 2.45) is 50.7 Å². The third-order valence-corrected chi connectivity index (χ3v) is 31.2. The number of likely N-dealkylation sites (tertiary alicyclic amines) is 4. The molecule has 4 aromatic rings. The van der Waals surface area contributed by atoms with E-state index in [-0.39, 0.29) is 39.2 Å². The number of nitriles is 5. The largest absolute Gasteiger partial charge is 0.401 e. The molecule has 1 N–H and O–H groups in total. The number of hydrogen-bond acceptors (Lipinski definition) is 12. The first-order valence-corrected chi connectivity index (χ1v) is 44.6. The minimum absolute atomic E-state index is 0.0905. The van der Waals surface area contributed by atoms with E-state index in [9.17, 15) is 22.7 Å². The Balaban J connectivity index is 0.000000150. The lowest BCUT2D eigenvalue weighted by atomic mass is 9.64. The molecule has 16 heteroatoms. The molecule has 12 fully saturated rings. The van der Waals surface area contributed by atoms with E-state index >= 15 is 0 Å². The molecule has 7 saturated heterocycles. The topological polar surface area (TPSA) is 159 Å². The lowest BCUT2D eigenvalue weighted by Crippen LogP contribution is -2.71. The summed E-state index contributed by atoms with van der Waals surface area (Å²) in [6.07, 6.45) is 23.6. The molecular weight excluding hydrogens is 1420 g/mol. The van der Waals surface area contributed by atoms with E-state index in [1.807, 2.05) is 74.5 Å². The van der Waals surface area contributed by atoms with Gasteiger partial charge >= 0.3 is 6.18 Å². The van der Waals surface area contributed by atoms with Crippen LogP contribution in [0.2, 0.25) is 0 Å². The first-order valence-electron chi connectivity index (χ1n) is 44.6. The van der Waals surface area contributed by atoms with E-state index in [1.165, 1.54) is 88.7 Å². The maximum absolute atomic E-state index is 15.0. The van der Waals surface area contributed by atoms with Crippen LogP contribution in [0.15, 0.2) is 121 Å². The van der Waals surface area contributed by atoms with Gasteiger partial charge < -0.3 is 5.11 Å². The number of fused-ring (bicyclic) bond motifs is 2. The molecule has 5 aliphatic carbocycles. The van der Waals surface area contributed by atoms with Gasteiger partial charge in [-0.25, -0.2) is 4.39 Å². The van der Waals surface area contributed by atoms with Crippen LogP contribution >= 0.6 is 0 Å². The Kier molecular flexibility index (Phi) is 31.6. The molecule has 0 aromatic heterocycles. The SMILES string of the molecule is CC.CC(C)C1(CC#N)CCC(N2CC(F)(c3ccccc3)C2)CC1.CC(C)C1(CC#N)CCC(N2CC(O)(c3ccccc3)C2)CC1.CC(C)C1(CC#N)CCC(N2CC(c3ccccc3)C2)CC1.CC(C)C1(CC#N)CCC(N2CC(c3ccccc3)C2)CC1.CC1(CC#N)CCC(N2CC3CC(C2)N3CC(F)(F)F)CC1. The Bertz CT molecular complexity index is 3540. The predicted molar refractivity (Wildman–Crippen MR) is 452 cm³/mol. The zero-order valence-electron chi connectivity index (χ0n) is 71.6. The zero-order valence-corrected chi connectivity index (χ0v) is 71.6. The van der Waals surface area contributed by atoms with Crippen LogP contribution in [0.25, 0.3) is 0 Å². The van der Waals surface area contributed by atoms with Crippen molar-refractivity contribution in [1.29, 1.82) is 26.3 Å². The average molecular weight is 1570 g/mol. The molecule has 16 rings (SSSR count). The number of aliphatic hydroxyl groups is 1. The highest BCUT2D eigenvalue weighted by Crippen LogP contribution is 2.53. The molecule has 0 amide bonds. The number of alkyl halides is 4. The van der Waals surface area contributed by atoms with Crippen LogP contribution in [0, 0.1) is 107 Å². The predicted octanol–water partition coefficient (Wildman–Crippen LogP) is 21.7. The highest BCUT2D eigenvalue weighted by Gasteiger charge is 2.53. The fourth-order valence-corrected chi connectivity index (χ4v) is 22.2. The Morgan fingerprint density at radius 1 is 0.377 bits per heavy atom. The molecule has 2 unspecified atom stereocenters. The van der Waals surface area contributed by atoms with Gasteiger partial charge in [-0.1, -0.05) is 197 Å². The van der Waals surface area contributed by atoms with Crippen LogP contribution in [0.3, 0.4) is 0 Å². The van der Waals surface area contributed by atoms with Crippen molar-refractivity contribution < 1.29 is 22.7 Å². The highest BCUT2D eigenvalue weighted by molar-refractivity contribution is 5.29. The molecule has 12 aliphatic rings. The molecule has 5 saturated carbocycles. The average Bonchev–Trinajstić information content (AvgIpc) is 0.763. The number of piperidine rings is 1. The summed E-state index contributed by atoms with van der Waals surface area (Å²) in [6.45, 7) is 32.6. The van der Waals surface area contributed by atoms with Crippen molar-refractivity contribution in [2.75, 3.05) is 72.0 Å².